The van der Waals surface area contributed by atoms with Gasteiger partial charge in [0.05, 0.1) is 10.6 Å². The normalized spacial score (nSPS) is 12.6. The number of benzene rings is 4. The summed E-state index contributed by atoms with van der Waals surface area (Å²) in [5, 5.41) is 14.0. The van der Waals surface area contributed by atoms with Crippen molar-refractivity contribution in [2.24, 2.45) is 10.2 Å². The fourth-order valence-corrected chi connectivity index (χ4v) is 7.51. The molecule has 1 aromatic heterocycles. The van der Waals surface area contributed by atoms with Gasteiger partial charge in [0.2, 0.25) is 23.1 Å². The van der Waals surface area contributed by atoms with Gasteiger partial charge in [-0.15, -0.1) is 10.2 Å². The third kappa shape index (κ3) is 9.22. The third-order valence-electron chi connectivity index (χ3n) is 6.68. The Morgan fingerprint density at radius 1 is 0.660 bits per heavy atom. The van der Waals surface area contributed by atoms with Gasteiger partial charge in [0.25, 0.3) is 40.5 Å². The highest BCUT2D eigenvalue weighted by atomic mass is 35.5. The maximum Gasteiger partial charge on any atom is 0.297 e. The molecule has 5 rings (SSSR count). The number of rotatable bonds is 11. The second-order valence-electron chi connectivity index (χ2n) is 10.4. The van der Waals surface area contributed by atoms with Crippen LogP contribution in [0.5, 0.6) is 0 Å². The lowest BCUT2D eigenvalue weighted by atomic mass is 10.1. The van der Waals surface area contributed by atoms with Crippen molar-refractivity contribution in [1.82, 2.24) is 15.0 Å². The van der Waals surface area contributed by atoms with Crippen molar-refractivity contribution in [3.8, 4) is 0 Å². The van der Waals surface area contributed by atoms with E-state index >= 15 is 0 Å². The van der Waals surface area contributed by atoms with Crippen LogP contribution in [0.2, 0.25) is 5.28 Å². The first-order valence-electron chi connectivity index (χ1n) is 13.9. The van der Waals surface area contributed by atoms with E-state index in [9.17, 15) is 56.7 Å². The summed E-state index contributed by atoms with van der Waals surface area (Å²) in [5.74, 6) is -1.32. The SMILES string of the molecule is CC(=O)Nc1cc(Nc2nc(Cl)nc(Nc3ccc(S(=O)(=O)O)cc3)n2)cc(S(=O)(=O)O)c1N=Nc1ccc2c(S(=O)(=O)O)cccc2c1S(=O)(=O)O. The molecule has 0 unspecified atom stereocenters. The maximum absolute atomic E-state index is 12.6. The van der Waals surface area contributed by atoms with Gasteiger partial charge in [-0.05, 0) is 60.1 Å². The summed E-state index contributed by atoms with van der Waals surface area (Å²) in [4.78, 5) is 20.9. The van der Waals surface area contributed by atoms with E-state index in [-0.39, 0.29) is 28.7 Å². The molecule has 0 spiro atoms. The van der Waals surface area contributed by atoms with Crippen LogP contribution in [0.15, 0.2) is 96.5 Å². The van der Waals surface area contributed by atoms with Gasteiger partial charge < -0.3 is 16.0 Å². The van der Waals surface area contributed by atoms with Crippen molar-refractivity contribution in [1.29, 1.82) is 0 Å². The number of carbonyl (C=O) groups excluding carboxylic acids is 1. The molecule has 0 atom stereocenters. The van der Waals surface area contributed by atoms with E-state index in [0.29, 0.717) is 0 Å². The zero-order chi connectivity index (χ0) is 39.1. The number of nitrogens with one attached hydrogen (secondary N) is 3. The Morgan fingerprint density at radius 3 is 1.81 bits per heavy atom. The van der Waals surface area contributed by atoms with Gasteiger partial charge >= 0.3 is 0 Å². The first-order chi connectivity index (χ1) is 24.5. The zero-order valence-corrected chi connectivity index (χ0v) is 30.1. The Labute approximate surface area is 304 Å². The molecule has 53 heavy (non-hydrogen) atoms. The number of hydrogen-bond donors (Lipinski definition) is 7. The van der Waals surface area contributed by atoms with Crippen molar-refractivity contribution in [3.05, 3.63) is 72.0 Å². The molecule has 7 N–H and O–H groups in total. The van der Waals surface area contributed by atoms with Crippen LogP contribution in [-0.2, 0) is 45.3 Å². The van der Waals surface area contributed by atoms with Gasteiger partial charge in [-0.25, -0.2) is 0 Å². The third-order valence-corrected chi connectivity index (χ3v) is 10.4. The average molecular weight is 829 g/mol. The maximum atomic E-state index is 12.6. The number of halogens is 1. The Hall–Kier alpha value is -5.25. The molecular formula is C27H21ClN8O13S4. The first-order valence-corrected chi connectivity index (χ1v) is 20.0. The standard InChI is InChI=1S/C27H21ClN8O13S4/c1-13(37)29-20-11-15(31-27-33-25(28)32-26(34-27)30-14-5-7-16(8-6-14)50(38,39)40)12-22(52(44,45)46)23(20)36-35-19-10-9-17-18(24(19)53(47,48)49)3-2-4-21(17)51(41,42)43/h2-12H,1H3,(H,29,37)(H,38,39,40)(H,41,42,43)(H,44,45,46)(H,47,48,49)(H2,30,31,32,33,34). The van der Waals surface area contributed by atoms with Crippen molar-refractivity contribution in [2.45, 2.75) is 26.5 Å². The molecule has 278 valence electrons. The molecule has 0 radical (unpaired) electrons. The predicted molar refractivity (Wildman–Crippen MR) is 186 cm³/mol. The summed E-state index contributed by atoms with van der Waals surface area (Å²) < 4.78 is 136. The molecule has 21 nitrogen and oxygen atoms in total. The summed E-state index contributed by atoms with van der Waals surface area (Å²) in [6, 6.07) is 11.7. The van der Waals surface area contributed by atoms with Crippen molar-refractivity contribution >= 4 is 109 Å². The highest BCUT2D eigenvalue weighted by Gasteiger charge is 2.26. The van der Waals surface area contributed by atoms with E-state index in [4.69, 9.17) is 11.6 Å². The van der Waals surface area contributed by atoms with Gasteiger partial charge in [-0.1, -0.05) is 18.2 Å². The fourth-order valence-electron chi connectivity index (χ4n) is 4.66. The molecule has 0 bridgehead atoms. The van der Waals surface area contributed by atoms with E-state index < -0.39 is 93.7 Å². The Balaban J connectivity index is 1.60. The minimum atomic E-state index is -5.24. The minimum Gasteiger partial charge on any atom is -0.324 e. The molecule has 0 aliphatic heterocycles. The lowest BCUT2D eigenvalue weighted by molar-refractivity contribution is -0.114. The molecule has 0 saturated heterocycles. The molecule has 26 heteroatoms. The quantitative estimate of drug-likeness (QED) is 0.0710. The van der Waals surface area contributed by atoms with E-state index in [1.54, 1.807) is 0 Å². The van der Waals surface area contributed by atoms with Crippen molar-refractivity contribution < 1.29 is 56.7 Å². The van der Waals surface area contributed by atoms with Gasteiger partial charge in [0, 0.05) is 29.1 Å². The second-order valence-corrected chi connectivity index (χ2v) is 16.3. The summed E-state index contributed by atoms with van der Waals surface area (Å²) in [5.41, 5.74) is -1.81. The molecule has 1 heterocycles. The summed E-state index contributed by atoms with van der Waals surface area (Å²) in [6.07, 6.45) is 0. The molecule has 0 aliphatic rings. The Morgan fingerprint density at radius 2 is 1.26 bits per heavy atom. The number of amides is 1. The average Bonchev–Trinajstić information content (AvgIpc) is 3.01. The van der Waals surface area contributed by atoms with Crippen LogP contribution in [-0.4, -0.2) is 72.7 Å². The van der Waals surface area contributed by atoms with Crippen LogP contribution >= 0.6 is 11.6 Å². The second kappa shape index (κ2) is 14.3. The molecule has 1 amide bonds. The van der Waals surface area contributed by atoms with Crippen LogP contribution in [0.3, 0.4) is 0 Å². The number of anilines is 5. The van der Waals surface area contributed by atoms with Crippen LogP contribution in [0.1, 0.15) is 6.92 Å². The van der Waals surface area contributed by atoms with E-state index in [1.165, 1.54) is 12.1 Å². The summed E-state index contributed by atoms with van der Waals surface area (Å²) >= 11 is 6.03. The van der Waals surface area contributed by atoms with Crippen LogP contribution < -0.4 is 16.0 Å². The van der Waals surface area contributed by atoms with Crippen LogP contribution in [0, 0.1) is 0 Å². The highest BCUT2D eigenvalue weighted by Crippen LogP contribution is 2.40. The number of aromatic nitrogens is 3. The fraction of sp³-hybridized carbons (Fsp3) is 0.0370. The van der Waals surface area contributed by atoms with Gasteiger partial charge in [-0.3, -0.25) is 23.0 Å². The lowest BCUT2D eigenvalue weighted by Crippen LogP contribution is -2.10. The predicted octanol–water partition coefficient (Wildman–Crippen LogP) is 4.53. The number of nitrogens with zero attached hydrogens (tertiary/aromatic N) is 5. The molecule has 0 saturated carbocycles. The molecule has 5 aromatic rings. The molecular weight excluding hydrogens is 808 g/mol. The van der Waals surface area contributed by atoms with Crippen molar-refractivity contribution in [2.75, 3.05) is 16.0 Å². The largest absolute Gasteiger partial charge is 0.324 e. The molecule has 0 fully saturated rings. The minimum absolute atomic E-state index is 0.205. The smallest absolute Gasteiger partial charge is 0.297 e. The molecule has 4 aromatic carbocycles. The Kier molecular flexibility index (Phi) is 10.5. The zero-order valence-electron chi connectivity index (χ0n) is 26.1. The Bertz CT molecular complexity index is 2800. The van der Waals surface area contributed by atoms with Crippen LogP contribution in [0.25, 0.3) is 10.8 Å². The molecule has 0 aliphatic carbocycles. The monoisotopic (exact) mass is 828 g/mol. The number of fused-ring (bicyclic) bond motifs is 1. The van der Waals surface area contributed by atoms with Crippen LogP contribution in [0.4, 0.5) is 40.3 Å². The number of azo groups is 1. The lowest BCUT2D eigenvalue weighted by Gasteiger charge is -2.14. The van der Waals surface area contributed by atoms with Gasteiger partial charge in [-0.2, -0.15) is 48.6 Å². The van der Waals surface area contributed by atoms with E-state index in [2.05, 4.69) is 41.1 Å². The number of carbonyl (C=O) groups is 1. The highest BCUT2D eigenvalue weighted by molar-refractivity contribution is 7.87. The summed E-state index contributed by atoms with van der Waals surface area (Å²) in [6.45, 7) is 1.03. The van der Waals surface area contributed by atoms with Gasteiger partial charge in [0.1, 0.15) is 26.1 Å². The van der Waals surface area contributed by atoms with Gasteiger partial charge in [0.15, 0.2) is 0 Å². The topological polar surface area (TPSA) is 334 Å². The first kappa shape index (κ1) is 39.0. The van der Waals surface area contributed by atoms with E-state index in [1.807, 2.05) is 0 Å². The number of hydrogen-bond acceptors (Lipinski definition) is 16. The van der Waals surface area contributed by atoms with E-state index in [0.717, 1.165) is 61.5 Å². The van der Waals surface area contributed by atoms with Crippen molar-refractivity contribution in [3.63, 3.8) is 0 Å². The summed E-state index contributed by atoms with van der Waals surface area (Å²) in [7, 11) is -19.8.